The van der Waals surface area contributed by atoms with Gasteiger partial charge < -0.3 is 5.11 Å². The summed E-state index contributed by atoms with van der Waals surface area (Å²) in [5.41, 5.74) is 0.892. The highest BCUT2D eigenvalue weighted by Crippen LogP contribution is 2.30. The first kappa shape index (κ1) is 7.11. The largest absolute Gasteiger partial charge is 0.506 e. The van der Waals surface area contributed by atoms with Crippen molar-refractivity contribution in [3.63, 3.8) is 0 Å². The summed E-state index contributed by atoms with van der Waals surface area (Å²) in [5, 5.41) is 12.0. The molecule has 0 atom stereocenters. The van der Waals surface area contributed by atoms with Gasteiger partial charge in [-0.3, -0.25) is 0 Å². The quantitative estimate of drug-likeness (QED) is 0.680. The molecule has 1 heterocycles. The molecule has 0 saturated heterocycles. The summed E-state index contributed by atoms with van der Waals surface area (Å²) in [7, 11) is 0. The van der Waals surface area contributed by atoms with E-state index in [0.717, 1.165) is 11.7 Å². The van der Waals surface area contributed by atoms with Crippen LogP contribution in [0.4, 0.5) is 5.69 Å². The van der Waals surface area contributed by atoms with Gasteiger partial charge in [0.25, 0.3) is 0 Å². The molecular weight excluding hydrogens is 178 g/mol. The molecule has 12 heavy (non-hydrogen) atoms. The maximum atomic E-state index is 10.2. The van der Waals surface area contributed by atoms with E-state index in [9.17, 15) is 10.0 Å². The van der Waals surface area contributed by atoms with Crippen molar-refractivity contribution in [2.75, 3.05) is 0 Å². The minimum atomic E-state index is 0.0196. The van der Waals surface area contributed by atoms with Crippen molar-refractivity contribution in [1.82, 2.24) is 8.75 Å². The number of aromatic nitrogens is 2. The number of hydrogen-bond acceptors (Lipinski definition) is 6. The van der Waals surface area contributed by atoms with Gasteiger partial charge in [-0.25, -0.2) is 0 Å². The third-order valence-electron chi connectivity index (χ3n) is 1.47. The lowest BCUT2D eigenvalue weighted by molar-refractivity contribution is 0.480. The van der Waals surface area contributed by atoms with Crippen molar-refractivity contribution in [2.45, 2.75) is 0 Å². The number of rotatable bonds is 1. The molecule has 1 aromatic heterocycles. The second kappa shape index (κ2) is 2.49. The van der Waals surface area contributed by atoms with Crippen LogP contribution < -0.4 is 0 Å². The number of phenolic OH excluding ortho intramolecular Hbond substituents is 1. The Morgan fingerprint density at radius 2 is 2.08 bits per heavy atom. The Labute approximate surface area is 71.0 Å². The number of hydrogen-bond donors (Lipinski definition) is 1. The molecule has 2 rings (SSSR count). The van der Waals surface area contributed by atoms with E-state index >= 15 is 0 Å². The summed E-state index contributed by atoms with van der Waals surface area (Å²) >= 11 is 0.938. The summed E-state index contributed by atoms with van der Waals surface area (Å²) in [5.74, 6) is 0.0196. The summed E-state index contributed by atoms with van der Waals surface area (Å²) in [6, 6.07) is 2.78. The summed E-state index contributed by atoms with van der Waals surface area (Å²) in [6.45, 7) is 0. The minimum absolute atomic E-state index is 0.0196. The molecule has 0 aliphatic heterocycles. The molecule has 6 heteroatoms. The first-order valence-corrected chi connectivity index (χ1v) is 3.83. The average molecular weight is 181 g/mol. The number of aromatic hydroxyl groups is 1. The van der Waals surface area contributed by atoms with Crippen molar-refractivity contribution in [1.29, 1.82) is 0 Å². The smallest absolute Gasteiger partial charge is 0.148 e. The molecule has 0 aliphatic carbocycles. The maximum absolute atomic E-state index is 10.2. The average Bonchev–Trinajstić information content (AvgIpc) is 2.54. The van der Waals surface area contributed by atoms with Crippen molar-refractivity contribution in [3.8, 4) is 5.75 Å². The van der Waals surface area contributed by atoms with Gasteiger partial charge in [0.2, 0.25) is 0 Å². The highest BCUT2D eigenvalue weighted by Gasteiger charge is 2.09. The second-order valence-corrected chi connectivity index (χ2v) is 2.68. The molecule has 0 radical (unpaired) electrons. The van der Waals surface area contributed by atoms with Crippen LogP contribution >= 0.6 is 11.7 Å². The molecule has 1 N–H and O–H groups in total. The SMILES string of the molecule is O=Nc1ccc(O)c2nsnc12. The standard InChI is InChI=1S/C6H3N3O2S/c10-4-2-1-3(7-11)5-6(4)9-12-8-5/h1-2,10H. The van der Waals surface area contributed by atoms with Gasteiger partial charge in [0.05, 0.1) is 11.7 Å². The molecule has 0 fully saturated rings. The Balaban J connectivity index is 2.91. The monoisotopic (exact) mass is 181 g/mol. The number of nitrogens with zero attached hydrogens (tertiary/aromatic N) is 3. The molecule has 0 saturated carbocycles. The molecule has 0 bridgehead atoms. The molecular formula is C6H3N3O2S. The summed E-state index contributed by atoms with van der Waals surface area (Å²) in [6.07, 6.45) is 0. The molecule has 0 amide bonds. The zero-order valence-electron chi connectivity index (χ0n) is 5.76. The molecule has 0 unspecified atom stereocenters. The molecule has 0 spiro atoms. The van der Waals surface area contributed by atoms with Crippen molar-refractivity contribution in [3.05, 3.63) is 17.0 Å². The Bertz CT molecular complexity index is 439. The van der Waals surface area contributed by atoms with E-state index < -0.39 is 0 Å². The molecule has 60 valence electrons. The first-order chi connectivity index (χ1) is 5.83. The fourth-order valence-electron chi connectivity index (χ4n) is 0.914. The predicted molar refractivity (Wildman–Crippen MR) is 44.5 cm³/mol. The van der Waals surface area contributed by atoms with Crippen LogP contribution in [0.2, 0.25) is 0 Å². The van der Waals surface area contributed by atoms with Gasteiger partial charge in [0.15, 0.2) is 0 Å². The van der Waals surface area contributed by atoms with E-state index in [1.165, 1.54) is 12.1 Å². The van der Waals surface area contributed by atoms with Crippen LogP contribution in [-0.2, 0) is 0 Å². The van der Waals surface area contributed by atoms with Gasteiger partial charge in [0.1, 0.15) is 22.5 Å². The van der Waals surface area contributed by atoms with Crippen LogP contribution in [0.5, 0.6) is 5.75 Å². The Morgan fingerprint density at radius 3 is 2.83 bits per heavy atom. The lowest BCUT2D eigenvalue weighted by Gasteiger charge is -1.92. The van der Waals surface area contributed by atoms with E-state index in [2.05, 4.69) is 13.9 Å². The van der Waals surface area contributed by atoms with Crippen molar-refractivity contribution >= 4 is 28.4 Å². The van der Waals surface area contributed by atoms with E-state index in [4.69, 9.17) is 0 Å². The van der Waals surface area contributed by atoms with Crippen LogP contribution in [-0.4, -0.2) is 13.9 Å². The molecule has 2 aromatic rings. The molecule has 1 aromatic carbocycles. The van der Waals surface area contributed by atoms with Crippen LogP contribution in [0.15, 0.2) is 17.3 Å². The van der Waals surface area contributed by atoms with Crippen molar-refractivity contribution in [2.24, 2.45) is 5.18 Å². The van der Waals surface area contributed by atoms with Crippen LogP contribution in [0, 0.1) is 4.91 Å². The Morgan fingerprint density at radius 1 is 1.33 bits per heavy atom. The van der Waals surface area contributed by atoms with Gasteiger partial charge in [-0.15, -0.1) is 4.91 Å². The van der Waals surface area contributed by atoms with Gasteiger partial charge in [-0.1, -0.05) is 0 Å². The minimum Gasteiger partial charge on any atom is -0.506 e. The second-order valence-electron chi connectivity index (χ2n) is 2.16. The van der Waals surface area contributed by atoms with E-state index in [-0.39, 0.29) is 11.4 Å². The van der Waals surface area contributed by atoms with Crippen LogP contribution in [0.3, 0.4) is 0 Å². The summed E-state index contributed by atoms with van der Waals surface area (Å²) in [4.78, 5) is 10.2. The molecule has 5 nitrogen and oxygen atoms in total. The van der Waals surface area contributed by atoms with E-state index in [0.29, 0.717) is 11.0 Å². The number of fused-ring (bicyclic) bond motifs is 1. The van der Waals surface area contributed by atoms with E-state index in [1.807, 2.05) is 0 Å². The lowest BCUT2D eigenvalue weighted by Crippen LogP contribution is -1.72. The predicted octanol–water partition coefficient (Wildman–Crippen LogP) is 1.79. The molecule has 0 aliphatic rings. The van der Waals surface area contributed by atoms with Gasteiger partial charge in [-0.2, -0.15) is 8.75 Å². The van der Waals surface area contributed by atoms with Gasteiger partial charge in [0, 0.05) is 0 Å². The summed E-state index contributed by atoms with van der Waals surface area (Å²) < 4.78 is 7.64. The van der Waals surface area contributed by atoms with Gasteiger partial charge in [-0.05, 0) is 17.3 Å². The normalized spacial score (nSPS) is 10.3. The third kappa shape index (κ3) is 0.850. The third-order valence-corrected chi connectivity index (χ3v) is 2.00. The number of benzene rings is 1. The Hall–Kier alpha value is -1.56. The maximum Gasteiger partial charge on any atom is 0.148 e. The van der Waals surface area contributed by atoms with Gasteiger partial charge >= 0.3 is 0 Å². The van der Waals surface area contributed by atoms with Crippen LogP contribution in [0.25, 0.3) is 11.0 Å². The van der Waals surface area contributed by atoms with Crippen molar-refractivity contribution < 1.29 is 5.11 Å². The van der Waals surface area contributed by atoms with E-state index in [1.54, 1.807) is 0 Å². The highest BCUT2D eigenvalue weighted by atomic mass is 32.1. The van der Waals surface area contributed by atoms with Crippen LogP contribution in [0.1, 0.15) is 0 Å². The fourth-order valence-corrected chi connectivity index (χ4v) is 1.48. The zero-order chi connectivity index (χ0) is 8.55. The fraction of sp³-hybridized carbons (Fsp3) is 0. The lowest BCUT2D eigenvalue weighted by atomic mass is 10.2. The highest BCUT2D eigenvalue weighted by molar-refractivity contribution is 7.00. The number of phenols is 1. The topological polar surface area (TPSA) is 75.4 Å². The number of nitroso groups, excluding NO2 is 1. The first-order valence-electron chi connectivity index (χ1n) is 3.10. The zero-order valence-corrected chi connectivity index (χ0v) is 6.58. The Kier molecular flexibility index (Phi) is 1.47.